The van der Waals surface area contributed by atoms with E-state index < -0.39 is 5.25 Å². The summed E-state index contributed by atoms with van der Waals surface area (Å²) in [5.74, 6) is 1.03. The molecule has 0 aromatic heterocycles. The minimum atomic E-state index is -0.499. The van der Waals surface area contributed by atoms with Gasteiger partial charge in [-0.15, -0.1) is 11.8 Å². The lowest BCUT2D eigenvalue weighted by molar-refractivity contribution is -0.115. The standard InChI is InChI=1S/C29H26N2O4S/c1-34-24-15-11-21(12-16-24)28(32)31-23-9-6-10-26(19-23)36-27(20-7-4-3-5-8-20)29(33)30-22-13-17-25(35-2)18-14-22/h3-19,27H,1-2H3,(H,30,33)(H,31,32). The van der Waals surface area contributed by atoms with Gasteiger partial charge in [0, 0.05) is 21.8 Å². The Labute approximate surface area is 214 Å². The number of methoxy groups -OCH3 is 2. The number of thioether (sulfide) groups is 1. The van der Waals surface area contributed by atoms with Gasteiger partial charge in [0.05, 0.1) is 14.2 Å². The van der Waals surface area contributed by atoms with Crippen molar-refractivity contribution in [2.24, 2.45) is 0 Å². The number of hydrogen-bond donors (Lipinski definition) is 2. The summed E-state index contributed by atoms with van der Waals surface area (Å²) in [7, 11) is 3.18. The van der Waals surface area contributed by atoms with Crippen molar-refractivity contribution in [3.05, 3.63) is 114 Å². The summed E-state index contributed by atoms with van der Waals surface area (Å²) in [5.41, 5.74) is 2.72. The third-order valence-electron chi connectivity index (χ3n) is 5.40. The van der Waals surface area contributed by atoms with Gasteiger partial charge in [-0.25, -0.2) is 0 Å². The average molecular weight is 499 g/mol. The quantitative estimate of drug-likeness (QED) is 0.260. The molecule has 0 saturated heterocycles. The molecule has 0 radical (unpaired) electrons. The van der Waals surface area contributed by atoms with Gasteiger partial charge in [0.25, 0.3) is 5.91 Å². The predicted octanol–water partition coefficient (Wildman–Crippen LogP) is 6.43. The van der Waals surface area contributed by atoms with Gasteiger partial charge in [-0.2, -0.15) is 0 Å². The molecule has 0 saturated carbocycles. The number of ether oxygens (including phenoxy) is 2. The summed E-state index contributed by atoms with van der Waals surface area (Å²) >= 11 is 1.41. The third-order valence-corrected chi connectivity index (χ3v) is 6.64. The van der Waals surface area contributed by atoms with Crippen LogP contribution in [0.5, 0.6) is 11.5 Å². The fourth-order valence-corrected chi connectivity index (χ4v) is 4.60. The van der Waals surface area contributed by atoms with E-state index in [2.05, 4.69) is 10.6 Å². The molecule has 4 rings (SSSR count). The van der Waals surface area contributed by atoms with E-state index in [1.165, 1.54) is 11.8 Å². The van der Waals surface area contributed by atoms with Crippen molar-refractivity contribution in [3.63, 3.8) is 0 Å². The summed E-state index contributed by atoms with van der Waals surface area (Å²) in [6.07, 6.45) is 0. The second kappa shape index (κ2) is 12.0. The maximum absolute atomic E-state index is 13.3. The molecule has 0 aliphatic heterocycles. The highest BCUT2D eigenvalue weighted by Gasteiger charge is 2.22. The molecule has 4 aromatic carbocycles. The average Bonchev–Trinajstić information content (AvgIpc) is 2.93. The first-order chi connectivity index (χ1) is 17.6. The highest BCUT2D eigenvalue weighted by molar-refractivity contribution is 8.00. The van der Waals surface area contributed by atoms with Gasteiger partial charge in [-0.3, -0.25) is 9.59 Å². The zero-order valence-corrected chi connectivity index (χ0v) is 20.8. The van der Waals surface area contributed by atoms with E-state index >= 15 is 0 Å². The van der Waals surface area contributed by atoms with Crippen molar-refractivity contribution >= 4 is 35.0 Å². The molecule has 182 valence electrons. The van der Waals surface area contributed by atoms with Gasteiger partial charge in [0.2, 0.25) is 5.91 Å². The number of carbonyl (C=O) groups is 2. The Hall–Kier alpha value is -4.23. The molecule has 0 fully saturated rings. The van der Waals surface area contributed by atoms with Gasteiger partial charge in [-0.05, 0) is 72.3 Å². The fraction of sp³-hybridized carbons (Fsp3) is 0.103. The number of carbonyl (C=O) groups excluding carboxylic acids is 2. The summed E-state index contributed by atoms with van der Waals surface area (Å²) in [6.45, 7) is 0. The summed E-state index contributed by atoms with van der Waals surface area (Å²) in [4.78, 5) is 26.9. The van der Waals surface area contributed by atoms with Crippen LogP contribution in [0.4, 0.5) is 11.4 Å². The molecular formula is C29H26N2O4S. The number of rotatable bonds is 9. The lowest BCUT2D eigenvalue weighted by Crippen LogP contribution is -2.19. The number of hydrogen-bond acceptors (Lipinski definition) is 5. The molecule has 0 bridgehead atoms. The molecule has 0 aliphatic rings. The SMILES string of the molecule is COc1ccc(NC(=O)C(Sc2cccc(NC(=O)c3ccc(OC)cc3)c2)c2ccccc2)cc1. The van der Waals surface area contributed by atoms with Crippen LogP contribution in [0, 0.1) is 0 Å². The van der Waals surface area contributed by atoms with Crippen LogP contribution in [0.15, 0.2) is 108 Å². The van der Waals surface area contributed by atoms with Crippen LogP contribution in [-0.2, 0) is 4.79 Å². The maximum atomic E-state index is 13.3. The summed E-state index contributed by atoms with van der Waals surface area (Å²) in [5, 5.41) is 5.42. The van der Waals surface area contributed by atoms with Crippen molar-refractivity contribution in [1.29, 1.82) is 0 Å². The normalized spacial score (nSPS) is 11.3. The molecule has 0 aliphatic carbocycles. The molecule has 2 amide bonds. The zero-order valence-electron chi connectivity index (χ0n) is 19.9. The van der Waals surface area contributed by atoms with E-state index in [1.807, 2.05) is 54.6 Å². The number of anilines is 2. The topological polar surface area (TPSA) is 76.7 Å². The van der Waals surface area contributed by atoms with E-state index in [0.717, 1.165) is 16.2 Å². The number of nitrogens with one attached hydrogen (secondary N) is 2. The Kier molecular flexibility index (Phi) is 8.26. The summed E-state index contributed by atoms with van der Waals surface area (Å²) < 4.78 is 10.3. The minimum Gasteiger partial charge on any atom is -0.497 e. The van der Waals surface area contributed by atoms with Crippen molar-refractivity contribution in [1.82, 2.24) is 0 Å². The zero-order chi connectivity index (χ0) is 25.3. The highest BCUT2D eigenvalue weighted by Crippen LogP contribution is 2.37. The smallest absolute Gasteiger partial charge is 0.255 e. The molecule has 36 heavy (non-hydrogen) atoms. The van der Waals surface area contributed by atoms with Crippen LogP contribution in [0.1, 0.15) is 21.2 Å². The molecule has 4 aromatic rings. The Morgan fingerprint density at radius 2 is 1.33 bits per heavy atom. The third kappa shape index (κ3) is 6.46. The van der Waals surface area contributed by atoms with E-state index in [1.54, 1.807) is 62.8 Å². The van der Waals surface area contributed by atoms with Gasteiger partial charge < -0.3 is 20.1 Å². The molecular weight excluding hydrogens is 472 g/mol. The maximum Gasteiger partial charge on any atom is 0.255 e. The second-order valence-electron chi connectivity index (χ2n) is 7.84. The monoisotopic (exact) mass is 498 g/mol. The van der Waals surface area contributed by atoms with E-state index in [4.69, 9.17) is 9.47 Å². The molecule has 2 N–H and O–H groups in total. The van der Waals surface area contributed by atoms with Gasteiger partial charge >= 0.3 is 0 Å². The van der Waals surface area contributed by atoms with Crippen LogP contribution in [0.25, 0.3) is 0 Å². The molecule has 7 heteroatoms. The number of benzene rings is 4. The fourth-order valence-electron chi connectivity index (χ4n) is 3.51. The van der Waals surface area contributed by atoms with Crippen molar-refractivity contribution in [2.75, 3.05) is 24.9 Å². The van der Waals surface area contributed by atoms with Crippen LogP contribution >= 0.6 is 11.8 Å². The first kappa shape index (κ1) is 24.9. The Bertz CT molecular complexity index is 1310. The van der Waals surface area contributed by atoms with Crippen molar-refractivity contribution < 1.29 is 19.1 Å². The lowest BCUT2D eigenvalue weighted by atomic mass is 10.1. The first-order valence-corrected chi connectivity index (χ1v) is 12.2. The van der Waals surface area contributed by atoms with Gasteiger partial charge in [0.1, 0.15) is 16.7 Å². The molecule has 0 spiro atoms. The Balaban J connectivity index is 1.51. The second-order valence-corrected chi connectivity index (χ2v) is 9.02. The Morgan fingerprint density at radius 1 is 0.694 bits per heavy atom. The summed E-state index contributed by atoms with van der Waals surface area (Å²) in [6, 6.07) is 31.2. The van der Waals surface area contributed by atoms with E-state index in [9.17, 15) is 9.59 Å². The van der Waals surface area contributed by atoms with Crippen LogP contribution < -0.4 is 20.1 Å². The van der Waals surface area contributed by atoms with Gasteiger partial charge in [-0.1, -0.05) is 36.4 Å². The molecule has 1 unspecified atom stereocenters. The molecule has 0 heterocycles. The van der Waals surface area contributed by atoms with E-state index in [-0.39, 0.29) is 11.8 Å². The highest BCUT2D eigenvalue weighted by atomic mass is 32.2. The molecule has 1 atom stereocenters. The largest absolute Gasteiger partial charge is 0.497 e. The molecule has 6 nitrogen and oxygen atoms in total. The van der Waals surface area contributed by atoms with Crippen LogP contribution in [0.3, 0.4) is 0 Å². The van der Waals surface area contributed by atoms with Gasteiger partial charge in [0.15, 0.2) is 0 Å². The van der Waals surface area contributed by atoms with Crippen molar-refractivity contribution in [3.8, 4) is 11.5 Å². The Morgan fingerprint density at radius 3 is 1.97 bits per heavy atom. The van der Waals surface area contributed by atoms with Crippen molar-refractivity contribution in [2.45, 2.75) is 10.1 Å². The van der Waals surface area contributed by atoms with E-state index in [0.29, 0.717) is 22.7 Å². The predicted molar refractivity (Wildman–Crippen MR) is 144 cm³/mol. The number of amides is 2. The lowest BCUT2D eigenvalue weighted by Gasteiger charge is -2.18. The first-order valence-electron chi connectivity index (χ1n) is 11.3. The minimum absolute atomic E-state index is 0.149. The van der Waals surface area contributed by atoms with Crippen LogP contribution in [0.2, 0.25) is 0 Å². The van der Waals surface area contributed by atoms with Crippen LogP contribution in [-0.4, -0.2) is 26.0 Å².